The fraction of sp³-hybridized carbons (Fsp3) is 0.370. The summed E-state index contributed by atoms with van der Waals surface area (Å²) in [7, 11) is -2.40. The van der Waals surface area contributed by atoms with E-state index in [-0.39, 0.29) is 48.3 Å². The summed E-state index contributed by atoms with van der Waals surface area (Å²) < 4.78 is 52.7. The van der Waals surface area contributed by atoms with E-state index < -0.39 is 10.0 Å². The summed E-state index contributed by atoms with van der Waals surface area (Å²) in [6.45, 7) is 4.39. The van der Waals surface area contributed by atoms with E-state index in [4.69, 9.17) is 9.47 Å². The lowest BCUT2D eigenvalue weighted by Gasteiger charge is -2.37. The second kappa shape index (κ2) is 11.6. The van der Waals surface area contributed by atoms with Crippen molar-refractivity contribution in [1.29, 1.82) is 0 Å². The van der Waals surface area contributed by atoms with Gasteiger partial charge < -0.3 is 14.4 Å². The second-order valence-electron chi connectivity index (χ2n) is 9.28. The van der Waals surface area contributed by atoms with Crippen LogP contribution >= 0.6 is 11.3 Å². The highest BCUT2D eigenvalue weighted by Crippen LogP contribution is 2.34. The third kappa shape index (κ3) is 6.31. The topological polar surface area (TPSA) is 76.2 Å². The molecule has 0 aliphatic carbocycles. The van der Waals surface area contributed by atoms with Crippen molar-refractivity contribution in [2.75, 3.05) is 33.4 Å². The number of ether oxygens (including phenoxy) is 2. The third-order valence-electron chi connectivity index (χ3n) is 6.21. The lowest BCUT2D eigenvalue weighted by atomic mass is 10.0. The zero-order valence-electron chi connectivity index (χ0n) is 21.1. The number of carbonyl (C=O) groups excluding carboxylic acids is 1. The van der Waals surface area contributed by atoms with Gasteiger partial charge in [0.2, 0.25) is 15.9 Å². The number of thiophene rings is 1. The van der Waals surface area contributed by atoms with Crippen molar-refractivity contribution in [2.45, 2.75) is 31.2 Å². The number of halogens is 1. The molecule has 0 saturated heterocycles. The van der Waals surface area contributed by atoms with Crippen molar-refractivity contribution in [2.24, 2.45) is 5.92 Å². The standard InChI is InChI=1S/C27H31FN2O5S2/c1-19(2)16-29(37(32,33)23-10-8-21(34-3)9-11-23)17-27(31)30-14-12-26-24(13-15-36-26)25(30)18-35-22-6-4-20(28)5-7-22/h4-11,13,15,19,25H,12,14,16-18H2,1-3H3/t25-/m0/s1. The highest BCUT2D eigenvalue weighted by atomic mass is 32.2. The Kier molecular flexibility index (Phi) is 8.51. The van der Waals surface area contributed by atoms with Crippen LogP contribution in [0, 0.1) is 11.7 Å². The van der Waals surface area contributed by atoms with Crippen LogP contribution in [0.4, 0.5) is 4.39 Å². The second-order valence-corrected chi connectivity index (χ2v) is 12.2. The Bertz CT molecular complexity index is 1310. The van der Waals surface area contributed by atoms with Gasteiger partial charge >= 0.3 is 0 Å². The molecule has 2 aromatic carbocycles. The number of rotatable bonds is 10. The average molecular weight is 547 g/mol. The Hall–Kier alpha value is -2.95. The first-order valence-corrected chi connectivity index (χ1v) is 14.4. The fourth-order valence-electron chi connectivity index (χ4n) is 4.37. The summed E-state index contributed by atoms with van der Waals surface area (Å²) in [5, 5.41) is 1.99. The maximum absolute atomic E-state index is 13.7. The van der Waals surface area contributed by atoms with Gasteiger partial charge in [-0.15, -0.1) is 11.3 Å². The molecule has 0 saturated carbocycles. The number of nitrogens with zero attached hydrogens (tertiary/aromatic N) is 2. The van der Waals surface area contributed by atoms with E-state index in [2.05, 4.69) is 0 Å². The zero-order valence-corrected chi connectivity index (χ0v) is 22.7. The van der Waals surface area contributed by atoms with Gasteiger partial charge in [-0.25, -0.2) is 12.8 Å². The number of carbonyl (C=O) groups is 1. The van der Waals surface area contributed by atoms with Crippen molar-refractivity contribution in [1.82, 2.24) is 9.21 Å². The normalized spacial score (nSPS) is 15.6. The maximum atomic E-state index is 13.7. The summed E-state index contributed by atoms with van der Waals surface area (Å²) in [6.07, 6.45) is 0.696. The van der Waals surface area contributed by atoms with Crippen molar-refractivity contribution < 1.29 is 27.1 Å². The molecule has 7 nitrogen and oxygen atoms in total. The molecule has 1 aliphatic rings. The van der Waals surface area contributed by atoms with E-state index in [1.807, 2.05) is 25.3 Å². The Labute approximate surface area is 221 Å². The summed E-state index contributed by atoms with van der Waals surface area (Å²) in [5.74, 6) is 0.421. The van der Waals surface area contributed by atoms with Gasteiger partial charge in [0.25, 0.3) is 0 Å². The predicted octanol–water partition coefficient (Wildman–Crippen LogP) is 4.75. The van der Waals surface area contributed by atoms with Gasteiger partial charge in [0, 0.05) is 18.0 Å². The van der Waals surface area contributed by atoms with Crippen molar-refractivity contribution in [3.8, 4) is 11.5 Å². The lowest BCUT2D eigenvalue weighted by molar-refractivity contribution is -0.135. The van der Waals surface area contributed by atoms with Gasteiger partial charge in [-0.2, -0.15) is 4.31 Å². The van der Waals surface area contributed by atoms with Gasteiger partial charge in [-0.3, -0.25) is 4.79 Å². The van der Waals surface area contributed by atoms with E-state index in [1.54, 1.807) is 40.5 Å². The minimum atomic E-state index is -3.92. The Balaban J connectivity index is 1.56. The van der Waals surface area contributed by atoms with E-state index >= 15 is 0 Å². The molecule has 0 fully saturated rings. The summed E-state index contributed by atoms with van der Waals surface area (Å²) >= 11 is 1.63. The van der Waals surface area contributed by atoms with Crippen molar-refractivity contribution in [3.63, 3.8) is 0 Å². The van der Waals surface area contributed by atoms with Crippen LogP contribution in [0.25, 0.3) is 0 Å². The molecule has 0 spiro atoms. The largest absolute Gasteiger partial charge is 0.497 e. The van der Waals surface area contributed by atoms with Crippen molar-refractivity contribution in [3.05, 3.63) is 76.2 Å². The van der Waals surface area contributed by atoms with E-state index in [9.17, 15) is 17.6 Å². The summed E-state index contributed by atoms with van der Waals surface area (Å²) in [6, 6.07) is 13.5. The van der Waals surface area contributed by atoms with Gasteiger partial charge in [0.15, 0.2) is 0 Å². The average Bonchev–Trinajstić information content (AvgIpc) is 3.37. The first-order chi connectivity index (χ1) is 17.7. The predicted molar refractivity (Wildman–Crippen MR) is 141 cm³/mol. The monoisotopic (exact) mass is 546 g/mol. The molecule has 1 aromatic heterocycles. The fourth-order valence-corrected chi connectivity index (χ4v) is 6.86. The minimum Gasteiger partial charge on any atom is -0.497 e. The highest BCUT2D eigenvalue weighted by molar-refractivity contribution is 7.89. The minimum absolute atomic E-state index is 0.0169. The maximum Gasteiger partial charge on any atom is 0.243 e. The summed E-state index contributed by atoms with van der Waals surface area (Å²) in [4.78, 5) is 16.7. The molecule has 0 bridgehead atoms. The highest BCUT2D eigenvalue weighted by Gasteiger charge is 2.35. The number of methoxy groups -OCH3 is 1. The molecule has 1 aliphatic heterocycles. The molecular formula is C27H31FN2O5S2. The van der Waals surface area contributed by atoms with Crippen LogP contribution in [-0.4, -0.2) is 56.9 Å². The SMILES string of the molecule is COc1ccc(S(=O)(=O)N(CC(=O)N2CCc3sccc3[C@@H]2COc2ccc(F)cc2)CC(C)C)cc1. The van der Waals surface area contributed by atoms with Crippen LogP contribution in [-0.2, 0) is 21.2 Å². The van der Waals surface area contributed by atoms with Gasteiger partial charge in [0.1, 0.15) is 23.9 Å². The van der Waals surface area contributed by atoms with Gasteiger partial charge in [-0.1, -0.05) is 13.8 Å². The third-order valence-corrected chi connectivity index (χ3v) is 9.04. The van der Waals surface area contributed by atoms with E-state index in [1.165, 1.54) is 40.6 Å². The molecule has 198 valence electrons. The quantitative estimate of drug-likeness (QED) is 0.367. The number of amides is 1. The molecular weight excluding hydrogens is 515 g/mol. The number of benzene rings is 2. The van der Waals surface area contributed by atoms with Gasteiger partial charge in [-0.05, 0) is 77.9 Å². The number of hydrogen-bond donors (Lipinski definition) is 0. The van der Waals surface area contributed by atoms with E-state index in [0.29, 0.717) is 24.5 Å². The molecule has 1 amide bonds. The van der Waals surface area contributed by atoms with Crippen LogP contribution in [0.2, 0.25) is 0 Å². The van der Waals surface area contributed by atoms with Crippen LogP contribution in [0.1, 0.15) is 30.3 Å². The molecule has 37 heavy (non-hydrogen) atoms. The first-order valence-electron chi connectivity index (χ1n) is 12.1. The molecule has 10 heteroatoms. The van der Waals surface area contributed by atoms with E-state index in [0.717, 1.165) is 5.56 Å². The Morgan fingerprint density at radius 1 is 1.11 bits per heavy atom. The molecule has 0 unspecified atom stereocenters. The molecule has 0 N–H and O–H groups in total. The van der Waals surface area contributed by atoms with Crippen LogP contribution in [0.3, 0.4) is 0 Å². The van der Waals surface area contributed by atoms with Crippen LogP contribution in [0.5, 0.6) is 11.5 Å². The Morgan fingerprint density at radius 3 is 2.43 bits per heavy atom. The Morgan fingerprint density at radius 2 is 1.78 bits per heavy atom. The lowest BCUT2D eigenvalue weighted by Crippen LogP contribution is -2.48. The van der Waals surface area contributed by atoms with Crippen LogP contribution < -0.4 is 9.47 Å². The number of fused-ring (bicyclic) bond motifs is 1. The number of hydrogen-bond acceptors (Lipinski definition) is 6. The van der Waals surface area contributed by atoms with Crippen LogP contribution in [0.15, 0.2) is 64.9 Å². The smallest absolute Gasteiger partial charge is 0.243 e. The van der Waals surface area contributed by atoms with Crippen molar-refractivity contribution >= 4 is 27.3 Å². The first kappa shape index (κ1) is 27.1. The molecule has 2 heterocycles. The number of sulfonamides is 1. The zero-order chi connectivity index (χ0) is 26.6. The van der Waals surface area contributed by atoms with Gasteiger partial charge in [0.05, 0.1) is 24.6 Å². The molecule has 1 atom stereocenters. The molecule has 4 rings (SSSR count). The molecule has 0 radical (unpaired) electrons. The summed E-state index contributed by atoms with van der Waals surface area (Å²) in [5.41, 5.74) is 1.00. The molecule has 3 aromatic rings.